The molecule has 13 heteroatoms. The molecule has 1 aliphatic heterocycles. The fourth-order valence-corrected chi connectivity index (χ4v) is 6.43. The number of alkyl halides is 3. The number of allylic oxidation sites excluding steroid dienone is 1. The molecule has 3 aromatic rings. The van der Waals surface area contributed by atoms with Crippen LogP contribution in [0.2, 0.25) is 10.0 Å². The number of carbonyl (C=O) groups excluding carboxylic acids is 2. The molecule has 0 fully saturated rings. The fourth-order valence-electron chi connectivity index (χ4n) is 4.39. The van der Waals surface area contributed by atoms with E-state index in [1.165, 1.54) is 35.7 Å². The first-order valence-corrected chi connectivity index (χ1v) is 14.2. The molecule has 0 saturated heterocycles. The molecule has 4 rings (SSSR count). The minimum absolute atomic E-state index is 0.00850. The van der Waals surface area contributed by atoms with E-state index in [0.717, 1.165) is 11.3 Å². The highest BCUT2D eigenvalue weighted by Crippen LogP contribution is 2.52. The third-order valence-corrected chi connectivity index (χ3v) is 9.03. The molecule has 0 radical (unpaired) electrons. The highest BCUT2D eigenvalue weighted by Gasteiger charge is 2.66. The first-order valence-electron chi connectivity index (χ1n) is 11.6. The summed E-state index contributed by atoms with van der Waals surface area (Å²) in [6.45, 7) is 1.69. The Morgan fingerprint density at radius 3 is 2.48 bits per heavy atom. The number of nitrogens with one attached hydrogen (secondary N) is 2. The summed E-state index contributed by atoms with van der Waals surface area (Å²) in [6.07, 6.45) is -5.36. The molecule has 0 spiro atoms. The molecular formula is C27H20Cl2F3N3O3S2. The summed E-state index contributed by atoms with van der Waals surface area (Å²) < 4.78 is 43.9. The van der Waals surface area contributed by atoms with Crippen LogP contribution >= 0.6 is 46.3 Å². The smallest absolute Gasteiger partial charge is 0.363 e. The van der Waals surface area contributed by atoms with Crippen molar-refractivity contribution in [2.45, 2.75) is 24.7 Å². The summed E-state index contributed by atoms with van der Waals surface area (Å²) in [5, 5.41) is 27.6. The number of thioether (sulfide) groups is 1. The predicted octanol–water partition coefficient (Wildman–Crippen LogP) is 6.91. The quantitative estimate of drug-likeness (QED) is 0.247. The second-order valence-electron chi connectivity index (χ2n) is 8.81. The summed E-state index contributed by atoms with van der Waals surface area (Å²) in [5.74, 6) is -5.82. The second-order valence-corrected chi connectivity index (χ2v) is 11.6. The number of amides is 1. The number of benzene rings is 2. The normalized spacial score (nSPS) is 20.9. The van der Waals surface area contributed by atoms with Gasteiger partial charge in [-0.2, -0.15) is 18.4 Å². The van der Waals surface area contributed by atoms with Crippen LogP contribution < -0.4 is 10.6 Å². The van der Waals surface area contributed by atoms with Crippen molar-refractivity contribution in [2.24, 2.45) is 5.92 Å². The summed E-state index contributed by atoms with van der Waals surface area (Å²) in [5.41, 5.74) is -3.01. The van der Waals surface area contributed by atoms with E-state index in [0.29, 0.717) is 28.0 Å². The number of nitrogens with zero attached hydrogens (tertiary/aromatic N) is 1. The van der Waals surface area contributed by atoms with E-state index in [1.807, 2.05) is 11.4 Å². The number of thiophene rings is 1. The van der Waals surface area contributed by atoms with Gasteiger partial charge >= 0.3 is 6.18 Å². The van der Waals surface area contributed by atoms with Crippen LogP contribution in [0.3, 0.4) is 0 Å². The summed E-state index contributed by atoms with van der Waals surface area (Å²) in [4.78, 5) is 26.3. The van der Waals surface area contributed by atoms with Gasteiger partial charge in [-0.15, -0.1) is 11.3 Å². The SMILES string of the molecule is Cc1c(Cl)cccc1NC(=O)CSC1=C(C#N)C(c2ccccc2Cl)C(C(=O)c2cccs2)C(O)(C(F)(F)F)N1. The maximum atomic E-state index is 14.6. The van der Waals surface area contributed by atoms with Crippen LogP contribution in [-0.2, 0) is 4.79 Å². The Bertz CT molecular complexity index is 1520. The van der Waals surface area contributed by atoms with Crippen molar-refractivity contribution in [3.05, 3.63) is 96.6 Å². The van der Waals surface area contributed by atoms with Crippen LogP contribution in [0.15, 0.2) is 70.6 Å². The largest absolute Gasteiger partial charge is 0.437 e. The van der Waals surface area contributed by atoms with Crippen molar-refractivity contribution in [3.63, 3.8) is 0 Å². The Labute approximate surface area is 245 Å². The molecule has 40 heavy (non-hydrogen) atoms. The van der Waals surface area contributed by atoms with Crippen molar-refractivity contribution in [1.82, 2.24) is 5.32 Å². The number of nitriles is 1. The summed E-state index contributed by atoms with van der Waals surface area (Å²) in [7, 11) is 0. The molecule has 1 amide bonds. The van der Waals surface area contributed by atoms with Gasteiger partial charge in [0.25, 0.3) is 0 Å². The Kier molecular flexibility index (Phi) is 8.87. The highest BCUT2D eigenvalue weighted by atomic mass is 35.5. The fraction of sp³-hybridized carbons (Fsp3) is 0.222. The predicted molar refractivity (Wildman–Crippen MR) is 150 cm³/mol. The van der Waals surface area contributed by atoms with E-state index in [4.69, 9.17) is 23.2 Å². The lowest BCUT2D eigenvalue weighted by molar-refractivity contribution is -0.285. The van der Waals surface area contributed by atoms with Crippen molar-refractivity contribution < 1.29 is 27.9 Å². The second kappa shape index (κ2) is 11.8. The number of ketones is 1. The van der Waals surface area contributed by atoms with Gasteiger partial charge in [-0.3, -0.25) is 9.59 Å². The number of anilines is 1. The van der Waals surface area contributed by atoms with Crippen LogP contribution in [0, 0.1) is 24.2 Å². The van der Waals surface area contributed by atoms with Crippen LogP contribution in [0.25, 0.3) is 0 Å². The minimum atomic E-state index is -5.36. The topological polar surface area (TPSA) is 102 Å². The molecule has 2 heterocycles. The van der Waals surface area contributed by atoms with Crippen molar-refractivity contribution in [3.8, 4) is 6.07 Å². The number of hydrogen-bond donors (Lipinski definition) is 3. The van der Waals surface area contributed by atoms with Gasteiger partial charge in [0.15, 0.2) is 5.78 Å². The average molecular weight is 627 g/mol. The Hall–Kier alpha value is -3.01. The number of rotatable bonds is 7. The van der Waals surface area contributed by atoms with Gasteiger partial charge in [0.05, 0.1) is 33.2 Å². The Balaban J connectivity index is 1.80. The van der Waals surface area contributed by atoms with Crippen LogP contribution in [0.5, 0.6) is 0 Å². The zero-order valence-corrected chi connectivity index (χ0v) is 23.7. The highest BCUT2D eigenvalue weighted by molar-refractivity contribution is 8.03. The summed E-state index contributed by atoms with van der Waals surface area (Å²) >= 11 is 14.0. The van der Waals surface area contributed by atoms with Gasteiger partial charge in [0.1, 0.15) is 0 Å². The van der Waals surface area contributed by atoms with Crippen molar-refractivity contribution in [2.75, 3.05) is 11.1 Å². The lowest BCUT2D eigenvalue weighted by atomic mass is 9.70. The van der Waals surface area contributed by atoms with Gasteiger partial charge in [-0.25, -0.2) is 0 Å². The molecule has 0 saturated carbocycles. The summed E-state index contributed by atoms with van der Waals surface area (Å²) in [6, 6.07) is 15.5. The Morgan fingerprint density at radius 1 is 1.15 bits per heavy atom. The third kappa shape index (κ3) is 5.73. The molecule has 1 aliphatic rings. The maximum absolute atomic E-state index is 14.6. The molecule has 3 N–H and O–H groups in total. The number of Topliss-reactive ketones (excluding diaryl/α,β-unsaturated/α-hetero) is 1. The number of carbonyl (C=O) groups is 2. The first kappa shape index (κ1) is 30.0. The van der Waals surface area contributed by atoms with Crippen LogP contribution in [0.1, 0.15) is 26.7 Å². The maximum Gasteiger partial charge on any atom is 0.437 e. The molecule has 0 bridgehead atoms. The molecule has 3 unspecified atom stereocenters. The van der Waals surface area contributed by atoms with E-state index in [9.17, 15) is 33.1 Å². The van der Waals surface area contributed by atoms with E-state index >= 15 is 0 Å². The van der Waals surface area contributed by atoms with E-state index < -0.39 is 46.2 Å². The standard InChI is InChI=1S/C27H20Cl2F3N3O3S2/c1-14-17(28)8-4-9-19(14)34-21(36)13-40-25-16(12-33)22(15-6-2-3-7-18(15)29)23(24(37)20-10-5-11-39-20)26(38,35-25)27(30,31)32/h2-11,22-23,35,38H,13H2,1H3,(H,34,36). The van der Waals surface area contributed by atoms with Crippen LogP contribution in [-0.4, -0.2) is 34.5 Å². The Morgan fingerprint density at radius 2 is 1.85 bits per heavy atom. The average Bonchev–Trinajstić information content (AvgIpc) is 3.44. The van der Waals surface area contributed by atoms with Gasteiger partial charge in [0.2, 0.25) is 11.6 Å². The monoisotopic (exact) mass is 625 g/mol. The zero-order chi connectivity index (χ0) is 29.2. The molecule has 3 atom stereocenters. The van der Waals surface area contributed by atoms with E-state index in [2.05, 4.69) is 5.32 Å². The van der Waals surface area contributed by atoms with E-state index in [-0.39, 0.29) is 21.0 Å². The van der Waals surface area contributed by atoms with Gasteiger partial charge in [-0.1, -0.05) is 65.3 Å². The van der Waals surface area contributed by atoms with Crippen molar-refractivity contribution >= 4 is 63.7 Å². The lowest BCUT2D eigenvalue weighted by Crippen LogP contribution is -2.66. The van der Waals surface area contributed by atoms with E-state index in [1.54, 1.807) is 31.2 Å². The molecule has 208 valence electrons. The molecule has 0 aliphatic carbocycles. The van der Waals surface area contributed by atoms with Gasteiger partial charge in [0, 0.05) is 21.7 Å². The number of aliphatic hydroxyl groups is 1. The van der Waals surface area contributed by atoms with Crippen molar-refractivity contribution in [1.29, 1.82) is 5.26 Å². The minimum Gasteiger partial charge on any atom is -0.363 e. The zero-order valence-electron chi connectivity index (χ0n) is 20.6. The van der Waals surface area contributed by atoms with Crippen LogP contribution in [0.4, 0.5) is 18.9 Å². The molecular weight excluding hydrogens is 606 g/mol. The van der Waals surface area contributed by atoms with Gasteiger partial charge < -0.3 is 15.7 Å². The molecule has 2 aromatic carbocycles. The lowest BCUT2D eigenvalue weighted by Gasteiger charge is -2.45. The number of halogens is 5. The van der Waals surface area contributed by atoms with Gasteiger partial charge in [-0.05, 0) is 47.7 Å². The number of hydrogen-bond acceptors (Lipinski definition) is 7. The molecule has 6 nitrogen and oxygen atoms in total. The first-order chi connectivity index (χ1) is 18.9. The third-order valence-electron chi connectivity index (χ3n) is 6.37. The molecule has 1 aromatic heterocycles.